The Bertz CT molecular complexity index is 757. The van der Waals surface area contributed by atoms with E-state index in [4.69, 9.17) is 5.73 Å². The third-order valence-electron chi connectivity index (χ3n) is 3.11. The Morgan fingerprint density at radius 2 is 1.62 bits per heavy atom. The fraction of sp³-hybridized carbons (Fsp3) is 0.0588. The Morgan fingerprint density at radius 3 is 2.38 bits per heavy atom. The van der Waals surface area contributed by atoms with Crippen molar-refractivity contribution in [2.45, 2.75) is 16.8 Å². The van der Waals surface area contributed by atoms with Crippen molar-refractivity contribution in [1.82, 2.24) is 9.97 Å². The van der Waals surface area contributed by atoms with E-state index in [1.165, 1.54) is 5.56 Å². The number of hydrogen-bond acceptors (Lipinski definition) is 4. The van der Waals surface area contributed by atoms with Gasteiger partial charge in [0, 0.05) is 10.5 Å². The van der Waals surface area contributed by atoms with Gasteiger partial charge in [0.15, 0.2) is 0 Å². The molecular formula is C17H15N3S. The number of anilines is 1. The zero-order chi connectivity index (χ0) is 14.7. The Hall–Kier alpha value is -2.33. The quantitative estimate of drug-likeness (QED) is 0.736. The van der Waals surface area contributed by atoms with Gasteiger partial charge in [-0.1, -0.05) is 54.2 Å². The summed E-state index contributed by atoms with van der Waals surface area (Å²) in [6.07, 6.45) is 0. The maximum Gasteiger partial charge on any atom is 0.221 e. The lowest BCUT2D eigenvalue weighted by molar-refractivity contribution is 1.07. The van der Waals surface area contributed by atoms with Gasteiger partial charge in [0.1, 0.15) is 5.03 Å². The zero-order valence-electron chi connectivity index (χ0n) is 11.7. The van der Waals surface area contributed by atoms with Gasteiger partial charge >= 0.3 is 0 Å². The van der Waals surface area contributed by atoms with Gasteiger partial charge in [-0.05, 0) is 30.7 Å². The van der Waals surface area contributed by atoms with Crippen LogP contribution in [0.2, 0.25) is 0 Å². The summed E-state index contributed by atoms with van der Waals surface area (Å²) in [7, 11) is 0. The van der Waals surface area contributed by atoms with Crippen LogP contribution in [0, 0.1) is 6.92 Å². The summed E-state index contributed by atoms with van der Waals surface area (Å²) in [5.74, 6) is 0.300. The average Bonchev–Trinajstić information content (AvgIpc) is 2.48. The summed E-state index contributed by atoms with van der Waals surface area (Å²) < 4.78 is 0. The maximum atomic E-state index is 5.86. The molecule has 0 saturated carbocycles. The first-order valence-electron chi connectivity index (χ1n) is 6.66. The molecule has 3 rings (SSSR count). The normalized spacial score (nSPS) is 10.5. The fourth-order valence-corrected chi connectivity index (χ4v) is 2.95. The number of rotatable bonds is 3. The summed E-state index contributed by atoms with van der Waals surface area (Å²) in [6.45, 7) is 2.07. The van der Waals surface area contributed by atoms with Gasteiger partial charge in [-0.3, -0.25) is 0 Å². The van der Waals surface area contributed by atoms with E-state index in [9.17, 15) is 0 Å². The Labute approximate surface area is 128 Å². The molecule has 4 heteroatoms. The molecule has 104 valence electrons. The molecule has 0 spiro atoms. The van der Waals surface area contributed by atoms with Crippen LogP contribution in [0.25, 0.3) is 11.3 Å². The van der Waals surface area contributed by atoms with Crippen LogP contribution in [-0.2, 0) is 0 Å². The maximum absolute atomic E-state index is 5.86. The van der Waals surface area contributed by atoms with E-state index in [1.54, 1.807) is 11.8 Å². The molecule has 1 aromatic heterocycles. The molecule has 0 bridgehead atoms. The van der Waals surface area contributed by atoms with Crippen LogP contribution in [0.3, 0.4) is 0 Å². The lowest BCUT2D eigenvalue weighted by Crippen LogP contribution is -1.98. The minimum Gasteiger partial charge on any atom is -0.368 e. The van der Waals surface area contributed by atoms with E-state index in [0.29, 0.717) is 5.95 Å². The standard InChI is InChI=1S/C17H15N3S/c1-12-7-5-6-10-14(12)15-11-16(20-17(18)19-15)21-13-8-3-2-4-9-13/h2-11H,1H3,(H2,18,19,20). The van der Waals surface area contributed by atoms with Gasteiger partial charge in [0.25, 0.3) is 0 Å². The number of benzene rings is 2. The smallest absolute Gasteiger partial charge is 0.221 e. The minimum absolute atomic E-state index is 0.300. The SMILES string of the molecule is Cc1ccccc1-c1cc(Sc2ccccc2)nc(N)n1. The molecular weight excluding hydrogens is 278 g/mol. The lowest BCUT2D eigenvalue weighted by atomic mass is 10.1. The molecule has 0 radical (unpaired) electrons. The second-order valence-corrected chi connectivity index (χ2v) is 5.77. The van der Waals surface area contributed by atoms with E-state index in [2.05, 4.69) is 35.1 Å². The monoisotopic (exact) mass is 293 g/mol. The van der Waals surface area contributed by atoms with Crippen LogP contribution in [0.1, 0.15) is 5.56 Å². The van der Waals surface area contributed by atoms with Gasteiger partial charge in [0.05, 0.1) is 5.69 Å². The van der Waals surface area contributed by atoms with E-state index in [0.717, 1.165) is 21.2 Å². The predicted octanol–water partition coefficient (Wildman–Crippen LogP) is 4.19. The molecule has 0 aliphatic heterocycles. The molecule has 0 atom stereocenters. The van der Waals surface area contributed by atoms with Gasteiger partial charge in [-0.15, -0.1) is 0 Å². The topological polar surface area (TPSA) is 51.8 Å². The van der Waals surface area contributed by atoms with Crippen molar-refractivity contribution in [1.29, 1.82) is 0 Å². The highest BCUT2D eigenvalue weighted by Crippen LogP contribution is 2.30. The van der Waals surface area contributed by atoms with Crippen LogP contribution in [0.15, 0.2) is 70.6 Å². The molecule has 0 amide bonds. The third-order valence-corrected chi connectivity index (χ3v) is 4.03. The first-order valence-corrected chi connectivity index (χ1v) is 7.47. The fourth-order valence-electron chi connectivity index (χ4n) is 2.10. The molecule has 21 heavy (non-hydrogen) atoms. The Morgan fingerprint density at radius 1 is 0.905 bits per heavy atom. The highest BCUT2D eigenvalue weighted by Gasteiger charge is 2.08. The molecule has 1 heterocycles. The highest BCUT2D eigenvalue weighted by molar-refractivity contribution is 7.99. The summed E-state index contributed by atoms with van der Waals surface area (Å²) in [4.78, 5) is 9.80. The van der Waals surface area contributed by atoms with Crippen LogP contribution in [0.4, 0.5) is 5.95 Å². The van der Waals surface area contributed by atoms with Crippen molar-refractivity contribution in [3.05, 3.63) is 66.2 Å². The number of nitrogens with two attached hydrogens (primary N) is 1. The van der Waals surface area contributed by atoms with Gasteiger partial charge < -0.3 is 5.73 Å². The number of nitrogens with zero attached hydrogens (tertiary/aromatic N) is 2. The third kappa shape index (κ3) is 3.23. The van der Waals surface area contributed by atoms with Crippen molar-refractivity contribution in [3.63, 3.8) is 0 Å². The van der Waals surface area contributed by atoms with Crippen molar-refractivity contribution in [3.8, 4) is 11.3 Å². The van der Waals surface area contributed by atoms with Crippen LogP contribution in [0.5, 0.6) is 0 Å². The molecule has 0 fully saturated rings. The number of nitrogen functional groups attached to an aromatic ring is 1. The largest absolute Gasteiger partial charge is 0.368 e. The Kier molecular flexibility index (Phi) is 3.88. The second-order valence-electron chi connectivity index (χ2n) is 4.68. The lowest BCUT2D eigenvalue weighted by Gasteiger charge is -2.08. The molecule has 0 unspecified atom stereocenters. The van der Waals surface area contributed by atoms with Crippen LogP contribution >= 0.6 is 11.8 Å². The number of aryl methyl sites for hydroxylation is 1. The summed E-state index contributed by atoms with van der Waals surface area (Å²) in [5, 5.41) is 0.854. The summed E-state index contributed by atoms with van der Waals surface area (Å²) in [6, 6.07) is 20.2. The highest BCUT2D eigenvalue weighted by atomic mass is 32.2. The molecule has 3 aromatic rings. The number of hydrogen-bond donors (Lipinski definition) is 1. The molecule has 0 aliphatic rings. The van der Waals surface area contributed by atoms with Crippen molar-refractivity contribution in [2.75, 3.05) is 5.73 Å². The molecule has 2 aromatic carbocycles. The number of aromatic nitrogens is 2. The predicted molar refractivity (Wildman–Crippen MR) is 87.2 cm³/mol. The van der Waals surface area contributed by atoms with E-state index >= 15 is 0 Å². The second kappa shape index (κ2) is 5.97. The van der Waals surface area contributed by atoms with E-state index in [-0.39, 0.29) is 0 Å². The molecule has 3 nitrogen and oxygen atoms in total. The van der Waals surface area contributed by atoms with Gasteiger partial charge in [-0.25, -0.2) is 9.97 Å². The van der Waals surface area contributed by atoms with Gasteiger partial charge in [0.2, 0.25) is 5.95 Å². The molecule has 0 saturated heterocycles. The average molecular weight is 293 g/mol. The molecule has 0 aliphatic carbocycles. The van der Waals surface area contributed by atoms with Gasteiger partial charge in [-0.2, -0.15) is 0 Å². The van der Waals surface area contributed by atoms with E-state index < -0.39 is 0 Å². The van der Waals surface area contributed by atoms with Crippen molar-refractivity contribution >= 4 is 17.7 Å². The van der Waals surface area contributed by atoms with Crippen molar-refractivity contribution < 1.29 is 0 Å². The summed E-state index contributed by atoms with van der Waals surface area (Å²) >= 11 is 1.59. The van der Waals surface area contributed by atoms with Crippen LogP contribution < -0.4 is 5.73 Å². The first-order chi connectivity index (χ1) is 10.2. The van der Waals surface area contributed by atoms with Crippen molar-refractivity contribution in [2.24, 2.45) is 0 Å². The first kappa shape index (κ1) is 13.6. The van der Waals surface area contributed by atoms with Crippen LogP contribution in [-0.4, -0.2) is 9.97 Å². The zero-order valence-corrected chi connectivity index (χ0v) is 12.5. The molecule has 2 N–H and O–H groups in total. The Balaban J connectivity index is 1.99. The summed E-state index contributed by atoms with van der Waals surface area (Å²) in [5.41, 5.74) is 8.98. The van der Waals surface area contributed by atoms with E-state index in [1.807, 2.05) is 42.5 Å². The minimum atomic E-state index is 0.300.